The molecule has 3 N–H and O–H groups in total. The summed E-state index contributed by atoms with van der Waals surface area (Å²) in [5.74, 6) is -0.283. The van der Waals surface area contributed by atoms with Crippen molar-refractivity contribution in [2.24, 2.45) is 5.73 Å². The minimum atomic E-state index is -4.42. The van der Waals surface area contributed by atoms with Gasteiger partial charge >= 0.3 is 6.18 Å². The van der Waals surface area contributed by atoms with Gasteiger partial charge in [-0.15, -0.1) is 23.7 Å². The maximum Gasteiger partial charge on any atom is 0.434 e. The number of alkyl halides is 3. The van der Waals surface area contributed by atoms with Crippen molar-refractivity contribution in [2.75, 3.05) is 6.54 Å². The molecule has 1 heterocycles. The Morgan fingerprint density at radius 3 is 2.70 bits per heavy atom. The topological polar surface area (TPSA) is 68.0 Å². The average Bonchev–Trinajstić information content (AvgIpc) is 2.77. The molecule has 0 fully saturated rings. The lowest BCUT2D eigenvalue weighted by molar-refractivity contribution is -0.140. The van der Waals surface area contributed by atoms with Crippen molar-refractivity contribution in [3.63, 3.8) is 0 Å². The third-order valence-electron chi connectivity index (χ3n) is 2.42. The molecule has 20 heavy (non-hydrogen) atoms. The van der Waals surface area contributed by atoms with Gasteiger partial charge in [0.15, 0.2) is 5.69 Å². The van der Waals surface area contributed by atoms with Crippen LogP contribution in [0, 0.1) is 0 Å². The zero-order valence-electron chi connectivity index (χ0n) is 10.9. The van der Waals surface area contributed by atoms with E-state index in [1.165, 1.54) is 0 Å². The fraction of sp³-hybridized carbons (Fsp3) is 0.636. The Morgan fingerprint density at radius 2 is 2.20 bits per heavy atom. The van der Waals surface area contributed by atoms with Crippen LogP contribution in [0.5, 0.6) is 0 Å². The SMILES string of the molecule is CCCC(N)C(=O)NCCc1nc(C(F)(F)F)cs1.Cl. The van der Waals surface area contributed by atoms with Crippen molar-refractivity contribution >= 4 is 29.7 Å². The number of nitrogens with zero attached hydrogens (tertiary/aromatic N) is 1. The van der Waals surface area contributed by atoms with Crippen LogP contribution >= 0.6 is 23.7 Å². The second-order valence-electron chi connectivity index (χ2n) is 4.06. The van der Waals surface area contributed by atoms with Crippen LogP contribution in [0.15, 0.2) is 5.38 Å². The zero-order chi connectivity index (χ0) is 14.5. The number of carbonyl (C=O) groups excluding carboxylic acids is 1. The van der Waals surface area contributed by atoms with Gasteiger partial charge in [-0.1, -0.05) is 13.3 Å². The summed E-state index contributed by atoms with van der Waals surface area (Å²) in [5.41, 5.74) is 4.71. The van der Waals surface area contributed by atoms with Gasteiger partial charge in [0.05, 0.1) is 11.0 Å². The summed E-state index contributed by atoms with van der Waals surface area (Å²) in [4.78, 5) is 14.9. The van der Waals surface area contributed by atoms with E-state index < -0.39 is 17.9 Å². The quantitative estimate of drug-likeness (QED) is 0.841. The Morgan fingerprint density at radius 1 is 1.55 bits per heavy atom. The van der Waals surface area contributed by atoms with Crippen molar-refractivity contribution < 1.29 is 18.0 Å². The Labute approximate surface area is 125 Å². The number of hydrogen-bond acceptors (Lipinski definition) is 4. The molecule has 0 aliphatic heterocycles. The van der Waals surface area contributed by atoms with Crippen molar-refractivity contribution in [1.29, 1.82) is 0 Å². The van der Waals surface area contributed by atoms with E-state index in [1.807, 2.05) is 6.92 Å². The molecule has 1 aromatic rings. The summed E-state index contributed by atoms with van der Waals surface area (Å²) in [6.45, 7) is 2.16. The largest absolute Gasteiger partial charge is 0.434 e. The highest BCUT2D eigenvalue weighted by molar-refractivity contribution is 7.09. The first kappa shape index (κ1) is 19.1. The molecule has 116 valence electrons. The Hall–Kier alpha value is -0.860. The van der Waals surface area contributed by atoms with Gasteiger partial charge in [0, 0.05) is 18.3 Å². The molecule has 1 unspecified atom stereocenters. The van der Waals surface area contributed by atoms with Crippen LogP contribution in [0.3, 0.4) is 0 Å². The first-order valence-electron chi connectivity index (χ1n) is 5.89. The van der Waals surface area contributed by atoms with Crippen LogP contribution in [-0.2, 0) is 17.4 Å². The van der Waals surface area contributed by atoms with Gasteiger partial charge < -0.3 is 11.1 Å². The van der Waals surface area contributed by atoms with Gasteiger partial charge in [-0.3, -0.25) is 4.79 Å². The van der Waals surface area contributed by atoms with Crippen molar-refractivity contribution in [3.8, 4) is 0 Å². The summed E-state index contributed by atoms with van der Waals surface area (Å²) in [6.07, 6.45) is -2.76. The van der Waals surface area contributed by atoms with E-state index in [1.54, 1.807) is 0 Å². The Kier molecular flexibility index (Phi) is 8.07. The maximum absolute atomic E-state index is 12.3. The molecule has 4 nitrogen and oxygen atoms in total. The van der Waals surface area contributed by atoms with Crippen molar-refractivity contribution in [2.45, 2.75) is 38.4 Å². The number of carbonyl (C=O) groups is 1. The van der Waals surface area contributed by atoms with E-state index in [2.05, 4.69) is 10.3 Å². The highest BCUT2D eigenvalue weighted by atomic mass is 35.5. The van der Waals surface area contributed by atoms with E-state index in [0.717, 1.165) is 23.1 Å². The van der Waals surface area contributed by atoms with E-state index in [0.29, 0.717) is 11.4 Å². The number of hydrogen-bond donors (Lipinski definition) is 2. The van der Waals surface area contributed by atoms with Gasteiger partial charge in [-0.25, -0.2) is 4.98 Å². The first-order chi connectivity index (χ1) is 8.84. The molecule has 0 bridgehead atoms. The fourth-order valence-electron chi connectivity index (χ4n) is 1.42. The lowest BCUT2D eigenvalue weighted by atomic mass is 10.2. The van der Waals surface area contributed by atoms with Gasteiger partial charge in [0.25, 0.3) is 0 Å². The number of aromatic nitrogens is 1. The highest BCUT2D eigenvalue weighted by Crippen LogP contribution is 2.29. The molecule has 1 rings (SSSR count). The van der Waals surface area contributed by atoms with Crippen LogP contribution in [0.2, 0.25) is 0 Å². The van der Waals surface area contributed by atoms with E-state index in [-0.39, 0.29) is 31.3 Å². The van der Waals surface area contributed by atoms with Gasteiger partial charge in [0.1, 0.15) is 0 Å². The van der Waals surface area contributed by atoms with E-state index in [9.17, 15) is 18.0 Å². The third kappa shape index (κ3) is 6.06. The predicted molar refractivity (Wildman–Crippen MR) is 74.0 cm³/mol. The summed E-state index contributed by atoms with van der Waals surface area (Å²) in [7, 11) is 0. The second-order valence-corrected chi connectivity index (χ2v) is 5.00. The number of nitrogens with one attached hydrogen (secondary N) is 1. The zero-order valence-corrected chi connectivity index (χ0v) is 12.5. The molecule has 0 radical (unpaired) electrons. The van der Waals surface area contributed by atoms with Crippen LogP contribution in [-0.4, -0.2) is 23.5 Å². The number of thiazole rings is 1. The van der Waals surface area contributed by atoms with Gasteiger partial charge in [-0.2, -0.15) is 13.2 Å². The lowest BCUT2D eigenvalue weighted by Gasteiger charge is -2.10. The van der Waals surface area contributed by atoms with Gasteiger partial charge in [0.2, 0.25) is 5.91 Å². The normalized spacial score (nSPS) is 12.7. The van der Waals surface area contributed by atoms with E-state index in [4.69, 9.17) is 5.73 Å². The summed E-state index contributed by atoms with van der Waals surface area (Å²) < 4.78 is 36.9. The molecule has 1 amide bonds. The smallest absolute Gasteiger partial charge is 0.354 e. The molecule has 9 heteroatoms. The molecular weight excluding hydrogens is 315 g/mol. The summed E-state index contributed by atoms with van der Waals surface area (Å²) in [5, 5.41) is 3.90. The molecule has 0 aliphatic carbocycles. The summed E-state index contributed by atoms with van der Waals surface area (Å²) in [6, 6.07) is -0.563. The predicted octanol–water partition coefficient (Wildman–Crippen LogP) is 2.37. The van der Waals surface area contributed by atoms with Crippen molar-refractivity contribution in [3.05, 3.63) is 16.1 Å². The van der Waals surface area contributed by atoms with Gasteiger partial charge in [-0.05, 0) is 6.42 Å². The van der Waals surface area contributed by atoms with Crippen LogP contribution in [0.4, 0.5) is 13.2 Å². The Balaban J connectivity index is 0.00000361. The monoisotopic (exact) mass is 331 g/mol. The molecule has 0 spiro atoms. The maximum atomic E-state index is 12.3. The molecule has 1 atom stereocenters. The Bertz CT molecular complexity index is 425. The summed E-state index contributed by atoms with van der Waals surface area (Å²) >= 11 is 0.933. The van der Waals surface area contributed by atoms with Crippen LogP contribution < -0.4 is 11.1 Å². The highest BCUT2D eigenvalue weighted by Gasteiger charge is 2.33. The molecule has 0 aliphatic rings. The third-order valence-corrected chi connectivity index (χ3v) is 3.33. The number of amides is 1. The van der Waals surface area contributed by atoms with Crippen LogP contribution in [0.25, 0.3) is 0 Å². The lowest BCUT2D eigenvalue weighted by Crippen LogP contribution is -2.41. The number of nitrogens with two attached hydrogens (primary N) is 1. The van der Waals surface area contributed by atoms with Crippen molar-refractivity contribution in [1.82, 2.24) is 10.3 Å². The fourth-order valence-corrected chi connectivity index (χ4v) is 2.23. The molecular formula is C11H17ClF3N3OS. The number of rotatable bonds is 6. The molecule has 1 aromatic heterocycles. The molecule has 0 saturated carbocycles. The van der Waals surface area contributed by atoms with E-state index >= 15 is 0 Å². The second kappa shape index (κ2) is 8.43. The van der Waals surface area contributed by atoms with Crippen LogP contribution in [0.1, 0.15) is 30.5 Å². The first-order valence-corrected chi connectivity index (χ1v) is 6.77. The minimum absolute atomic E-state index is 0. The number of halogens is 4. The minimum Gasteiger partial charge on any atom is -0.354 e. The molecule has 0 saturated heterocycles. The average molecular weight is 332 g/mol. The standard InChI is InChI=1S/C11H16F3N3OS.ClH/c1-2-3-7(15)10(18)16-5-4-9-17-8(6-19-9)11(12,13)14;/h6-7H,2-5,15H2,1H3,(H,16,18);1H. The molecule has 0 aromatic carbocycles.